The van der Waals surface area contributed by atoms with Crippen LogP contribution in [0.2, 0.25) is 0 Å². The molecule has 1 aromatic carbocycles. The van der Waals surface area contributed by atoms with E-state index in [1.165, 1.54) is 33.8 Å². The Labute approximate surface area is 206 Å². The Hall–Kier alpha value is -1.86. The number of guanidine groups is 1. The summed E-state index contributed by atoms with van der Waals surface area (Å²) < 4.78 is 31.5. The van der Waals surface area contributed by atoms with E-state index in [-0.39, 0.29) is 29.7 Å². The van der Waals surface area contributed by atoms with Gasteiger partial charge in [0.15, 0.2) is 5.96 Å². The van der Waals surface area contributed by atoms with Crippen LogP contribution in [0, 0.1) is 0 Å². The van der Waals surface area contributed by atoms with Crippen molar-refractivity contribution in [2.24, 2.45) is 4.99 Å². The molecule has 0 saturated carbocycles. The van der Waals surface area contributed by atoms with Gasteiger partial charge >= 0.3 is 0 Å². The molecule has 0 atom stereocenters. The zero-order chi connectivity index (χ0) is 21.8. The van der Waals surface area contributed by atoms with Gasteiger partial charge in [-0.05, 0) is 30.0 Å². The molecule has 0 unspecified atom stereocenters. The number of piperazine rings is 1. The van der Waals surface area contributed by atoms with E-state index < -0.39 is 10.0 Å². The summed E-state index contributed by atoms with van der Waals surface area (Å²) in [6.45, 7) is 3.82. The molecule has 4 rings (SSSR count). The van der Waals surface area contributed by atoms with Gasteiger partial charge in [0.1, 0.15) is 12.0 Å². The largest absolute Gasteiger partial charge is 0.374 e. The molecule has 1 aromatic heterocycles. The van der Waals surface area contributed by atoms with E-state index in [2.05, 4.69) is 50.5 Å². The normalized spacial score (nSPS) is 17.6. The predicted molar refractivity (Wildman–Crippen MR) is 136 cm³/mol. The molecule has 1 fully saturated rings. The number of nitrogens with zero attached hydrogens (tertiary/aromatic N) is 5. The molecule has 3 heterocycles. The number of fused-ring (bicyclic) bond motifs is 1. The molecule has 2 aliphatic heterocycles. The molecule has 0 amide bonds. The van der Waals surface area contributed by atoms with E-state index in [0.29, 0.717) is 38.4 Å². The van der Waals surface area contributed by atoms with Gasteiger partial charge in [-0.3, -0.25) is 4.99 Å². The minimum atomic E-state index is -3.41. The van der Waals surface area contributed by atoms with Gasteiger partial charge in [0.05, 0.1) is 5.69 Å². The van der Waals surface area contributed by atoms with Crippen LogP contribution in [-0.2, 0) is 28.7 Å². The van der Waals surface area contributed by atoms with E-state index in [0.717, 1.165) is 18.9 Å². The minimum Gasteiger partial charge on any atom is -0.374 e. The predicted octanol–water partition coefficient (Wildman–Crippen LogP) is 1.90. The van der Waals surface area contributed by atoms with Gasteiger partial charge in [-0.2, -0.15) is 4.31 Å². The summed E-state index contributed by atoms with van der Waals surface area (Å²) >= 11 is 0. The lowest BCUT2D eigenvalue weighted by molar-refractivity contribution is 0.259. The summed E-state index contributed by atoms with van der Waals surface area (Å²) in [7, 11) is 0.493. The lowest BCUT2D eigenvalue weighted by Gasteiger charge is -2.35. The monoisotopic (exact) mass is 574 g/mol. The average molecular weight is 574 g/mol. The molecule has 176 valence electrons. The lowest BCUT2D eigenvalue weighted by atomic mass is 9.99. The van der Waals surface area contributed by atoms with Gasteiger partial charge in [0, 0.05) is 65.1 Å². The van der Waals surface area contributed by atoms with Crippen molar-refractivity contribution in [1.82, 2.24) is 19.7 Å². The van der Waals surface area contributed by atoms with Crippen molar-refractivity contribution in [3.05, 3.63) is 47.3 Å². The molecule has 32 heavy (non-hydrogen) atoms. The Morgan fingerprint density at radius 1 is 1.19 bits per heavy atom. The number of hydrogen-bond donors (Lipinski definition) is 1. The highest BCUT2D eigenvalue weighted by Gasteiger charge is 2.29. The number of hydrogen-bond acceptors (Lipinski definition) is 6. The van der Waals surface area contributed by atoms with Crippen molar-refractivity contribution >= 4 is 45.6 Å². The smallest absolute Gasteiger partial charge is 0.220 e. The molecule has 0 aliphatic carbocycles. The molecule has 0 spiro atoms. The van der Waals surface area contributed by atoms with Crippen LogP contribution in [0.25, 0.3) is 0 Å². The summed E-state index contributed by atoms with van der Waals surface area (Å²) in [5.41, 5.74) is 4.37. The maximum atomic E-state index is 12.6. The number of anilines is 1. The molecular weight excluding hydrogens is 543 g/mol. The van der Waals surface area contributed by atoms with E-state index in [4.69, 9.17) is 4.52 Å². The van der Waals surface area contributed by atoms with Gasteiger partial charge < -0.3 is 19.6 Å². The minimum absolute atomic E-state index is 0. The molecule has 2 aromatic rings. The topological polar surface area (TPSA) is 94.3 Å². The van der Waals surface area contributed by atoms with E-state index in [9.17, 15) is 8.42 Å². The van der Waals surface area contributed by atoms with Crippen molar-refractivity contribution in [3.8, 4) is 0 Å². The third kappa shape index (κ3) is 5.73. The highest BCUT2D eigenvalue weighted by atomic mass is 127. The fraction of sp³-hybridized carbons (Fsp3) is 0.524. The first-order chi connectivity index (χ1) is 15.0. The number of aliphatic imine (C=N–C) groups is 1. The Morgan fingerprint density at radius 3 is 2.66 bits per heavy atom. The number of benzene rings is 1. The first kappa shape index (κ1) is 24.8. The molecule has 2 aliphatic rings. The van der Waals surface area contributed by atoms with E-state index in [1.807, 2.05) is 0 Å². The molecule has 0 bridgehead atoms. The van der Waals surface area contributed by atoms with E-state index >= 15 is 0 Å². The standard InChI is InChI=1S/C21H30N6O3S.HI/c1-22-21(23-15-17-5-6-20-18(14-17)4-3-8-25(20)2)26-9-11-27(12-10-26)31(28,29)16-19-7-13-30-24-19;/h5-7,13-14H,3-4,8-12,15-16H2,1-2H3,(H,22,23);1H. The summed E-state index contributed by atoms with van der Waals surface area (Å²) in [4.78, 5) is 8.82. The second-order valence-corrected chi connectivity index (χ2v) is 9.99. The number of aromatic nitrogens is 1. The van der Waals surface area contributed by atoms with Crippen molar-refractivity contribution in [2.45, 2.75) is 25.1 Å². The molecule has 1 N–H and O–H groups in total. The third-order valence-corrected chi connectivity index (χ3v) is 7.72. The van der Waals surface area contributed by atoms with Crippen LogP contribution in [-0.4, -0.2) is 75.6 Å². The van der Waals surface area contributed by atoms with Gasteiger partial charge in [-0.1, -0.05) is 17.3 Å². The number of halogens is 1. The molecule has 0 radical (unpaired) electrons. The summed E-state index contributed by atoms with van der Waals surface area (Å²) in [5.74, 6) is 0.660. The van der Waals surface area contributed by atoms with Crippen LogP contribution in [0.15, 0.2) is 40.0 Å². The van der Waals surface area contributed by atoms with Crippen molar-refractivity contribution < 1.29 is 12.9 Å². The second kappa shape index (κ2) is 10.8. The fourth-order valence-electron chi connectivity index (χ4n) is 4.23. The van der Waals surface area contributed by atoms with Crippen LogP contribution >= 0.6 is 24.0 Å². The Balaban J connectivity index is 0.00000289. The fourth-order valence-corrected chi connectivity index (χ4v) is 5.66. The highest BCUT2D eigenvalue weighted by Crippen LogP contribution is 2.26. The number of sulfonamides is 1. The summed E-state index contributed by atoms with van der Waals surface area (Å²) in [5, 5.41) is 7.15. The Kier molecular flexibility index (Phi) is 8.39. The van der Waals surface area contributed by atoms with Crippen molar-refractivity contribution in [1.29, 1.82) is 0 Å². The number of aryl methyl sites for hydroxylation is 1. The maximum Gasteiger partial charge on any atom is 0.220 e. The van der Waals surface area contributed by atoms with Gasteiger partial charge in [0.25, 0.3) is 0 Å². The molecule has 1 saturated heterocycles. The van der Waals surface area contributed by atoms with Crippen LogP contribution in [0.5, 0.6) is 0 Å². The first-order valence-electron chi connectivity index (χ1n) is 10.6. The summed E-state index contributed by atoms with van der Waals surface area (Å²) in [6, 6.07) is 8.22. The molecule has 11 heteroatoms. The zero-order valence-electron chi connectivity index (χ0n) is 18.5. The van der Waals surface area contributed by atoms with Gasteiger partial charge in [-0.15, -0.1) is 24.0 Å². The zero-order valence-corrected chi connectivity index (χ0v) is 21.7. The first-order valence-corrected chi connectivity index (χ1v) is 12.2. The third-order valence-electron chi connectivity index (χ3n) is 5.91. The van der Waals surface area contributed by atoms with Gasteiger partial charge in [-0.25, -0.2) is 8.42 Å². The average Bonchev–Trinajstić information content (AvgIpc) is 3.27. The van der Waals surface area contributed by atoms with Crippen LogP contribution < -0.4 is 10.2 Å². The number of nitrogens with one attached hydrogen (secondary N) is 1. The van der Waals surface area contributed by atoms with Crippen molar-refractivity contribution in [2.75, 3.05) is 51.7 Å². The van der Waals surface area contributed by atoms with Gasteiger partial charge in [0.2, 0.25) is 10.0 Å². The Bertz CT molecular complexity index is 1020. The number of rotatable bonds is 5. The second-order valence-electron chi connectivity index (χ2n) is 8.02. The van der Waals surface area contributed by atoms with E-state index in [1.54, 1.807) is 13.1 Å². The summed E-state index contributed by atoms with van der Waals surface area (Å²) in [6.07, 6.45) is 3.69. The maximum absolute atomic E-state index is 12.6. The van der Waals surface area contributed by atoms with Crippen LogP contribution in [0.1, 0.15) is 23.2 Å². The van der Waals surface area contributed by atoms with Crippen LogP contribution in [0.4, 0.5) is 5.69 Å². The highest BCUT2D eigenvalue weighted by molar-refractivity contribution is 14.0. The SMILES string of the molecule is CN=C(NCc1ccc2c(c1)CCCN2C)N1CCN(S(=O)(=O)Cc2ccon2)CC1.I. The quantitative estimate of drug-likeness (QED) is 0.331. The van der Waals surface area contributed by atoms with Crippen molar-refractivity contribution in [3.63, 3.8) is 0 Å². The molecular formula is C21H31IN6O3S. The molecule has 9 nitrogen and oxygen atoms in total. The van der Waals surface area contributed by atoms with Crippen LogP contribution in [0.3, 0.4) is 0 Å². The Morgan fingerprint density at radius 2 is 1.97 bits per heavy atom. The lowest BCUT2D eigenvalue weighted by Crippen LogP contribution is -2.53.